The van der Waals surface area contributed by atoms with Crippen LogP contribution in [-0.2, 0) is 21.4 Å². The zero-order chi connectivity index (χ0) is 19.5. The van der Waals surface area contributed by atoms with Gasteiger partial charge in [0.1, 0.15) is 12.1 Å². The second kappa shape index (κ2) is 8.28. The van der Waals surface area contributed by atoms with Crippen LogP contribution in [0.15, 0.2) is 12.4 Å². The molecule has 0 bridgehead atoms. The van der Waals surface area contributed by atoms with Crippen LogP contribution in [0.5, 0.6) is 0 Å². The molecule has 2 heterocycles. The molecule has 146 valence electrons. The first-order valence-electron chi connectivity index (χ1n) is 8.52. The number of nitrogens with zero attached hydrogens (tertiary/aromatic N) is 6. The average molecular weight is 385 g/mol. The van der Waals surface area contributed by atoms with Crippen molar-refractivity contribution in [3.8, 4) is 0 Å². The smallest absolute Gasteiger partial charge is 0.281 e. The maximum absolute atomic E-state index is 12.6. The standard InChI is InChI=1S/C16H28N6O3S/c1-13(23)21-6-7-22(26(24,25)20(4)5)11-14(10-21)8-15-9-16(19(2)3)18-12-17-15/h9,12,14H,6-8,10-11H2,1-5H3/t14-/m0/s1. The molecule has 26 heavy (non-hydrogen) atoms. The third-order valence-corrected chi connectivity index (χ3v) is 6.37. The van der Waals surface area contributed by atoms with E-state index in [1.165, 1.54) is 36.0 Å². The van der Waals surface area contributed by atoms with Crippen molar-refractivity contribution >= 4 is 21.9 Å². The van der Waals surface area contributed by atoms with Crippen LogP contribution in [0.25, 0.3) is 0 Å². The van der Waals surface area contributed by atoms with Gasteiger partial charge in [-0.05, 0) is 12.3 Å². The highest BCUT2D eigenvalue weighted by Gasteiger charge is 2.32. The molecule has 1 fully saturated rings. The first kappa shape index (κ1) is 20.5. The average Bonchev–Trinajstić information content (AvgIpc) is 2.78. The van der Waals surface area contributed by atoms with E-state index in [0.29, 0.717) is 32.6 Å². The van der Waals surface area contributed by atoms with Gasteiger partial charge in [-0.3, -0.25) is 4.79 Å². The fraction of sp³-hybridized carbons (Fsp3) is 0.688. The maximum Gasteiger partial charge on any atom is 0.281 e. The van der Waals surface area contributed by atoms with Gasteiger partial charge in [-0.15, -0.1) is 0 Å². The summed E-state index contributed by atoms with van der Waals surface area (Å²) in [7, 11) is 3.31. The Morgan fingerprint density at radius 3 is 2.46 bits per heavy atom. The molecule has 1 atom stereocenters. The summed E-state index contributed by atoms with van der Waals surface area (Å²) in [6.45, 7) is 3.07. The number of anilines is 1. The molecule has 1 aromatic heterocycles. The zero-order valence-electron chi connectivity index (χ0n) is 16.1. The van der Waals surface area contributed by atoms with Crippen molar-refractivity contribution in [2.45, 2.75) is 13.3 Å². The van der Waals surface area contributed by atoms with Crippen LogP contribution in [0.3, 0.4) is 0 Å². The van der Waals surface area contributed by atoms with Crippen LogP contribution in [0.2, 0.25) is 0 Å². The van der Waals surface area contributed by atoms with Gasteiger partial charge in [-0.1, -0.05) is 0 Å². The van der Waals surface area contributed by atoms with E-state index in [2.05, 4.69) is 9.97 Å². The van der Waals surface area contributed by atoms with E-state index in [0.717, 1.165) is 11.5 Å². The summed E-state index contributed by atoms with van der Waals surface area (Å²) in [6, 6.07) is 1.90. The summed E-state index contributed by atoms with van der Waals surface area (Å²) < 4.78 is 27.8. The van der Waals surface area contributed by atoms with Gasteiger partial charge in [-0.2, -0.15) is 17.0 Å². The summed E-state index contributed by atoms with van der Waals surface area (Å²) in [5, 5.41) is 0. The number of carbonyl (C=O) groups excluding carboxylic acids is 1. The zero-order valence-corrected chi connectivity index (χ0v) is 16.9. The summed E-state index contributed by atoms with van der Waals surface area (Å²) in [6.07, 6.45) is 2.09. The lowest BCUT2D eigenvalue weighted by molar-refractivity contribution is -0.129. The molecule has 1 saturated heterocycles. The minimum atomic E-state index is -3.53. The lowest BCUT2D eigenvalue weighted by Crippen LogP contribution is -2.43. The van der Waals surface area contributed by atoms with Crippen molar-refractivity contribution in [3.05, 3.63) is 18.1 Å². The van der Waals surface area contributed by atoms with E-state index in [-0.39, 0.29) is 11.8 Å². The Hall–Kier alpha value is -1.78. The SMILES string of the molecule is CC(=O)N1CCN(S(=O)(=O)N(C)C)C[C@@H](Cc2cc(N(C)C)ncn2)C1. The molecule has 0 N–H and O–H groups in total. The van der Waals surface area contributed by atoms with Gasteiger partial charge in [0.2, 0.25) is 5.91 Å². The predicted octanol–water partition coefficient (Wildman–Crippen LogP) is -0.328. The Bertz CT molecular complexity index is 737. The summed E-state index contributed by atoms with van der Waals surface area (Å²) in [5.74, 6) is 0.710. The number of rotatable bonds is 5. The lowest BCUT2D eigenvalue weighted by Gasteiger charge is -2.26. The van der Waals surface area contributed by atoms with Crippen molar-refractivity contribution < 1.29 is 13.2 Å². The molecule has 0 aliphatic carbocycles. The van der Waals surface area contributed by atoms with E-state index in [1.807, 2.05) is 25.1 Å². The fourth-order valence-electron chi connectivity index (χ4n) is 2.97. The third kappa shape index (κ3) is 4.89. The highest BCUT2D eigenvalue weighted by molar-refractivity contribution is 7.86. The van der Waals surface area contributed by atoms with Crippen LogP contribution >= 0.6 is 0 Å². The molecule has 2 rings (SSSR count). The Morgan fingerprint density at radius 1 is 1.19 bits per heavy atom. The van der Waals surface area contributed by atoms with Crippen LogP contribution in [0, 0.1) is 5.92 Å². The van der Waals surface area contributed by atoms with Gasteiger partial charge in [0.15, 0.2) is 0 Å². The third-order valence-electron chi connectivity index (χ3n) is 4.46. The number of amides is 1. The molecule has 0 aromatic carbocycles. The van der Waals surface area contributed by atoms with Gasteiger partial charge in [-0.25, -0.2) is 9.97 Å². The molecule has 0 spiro atoms. The van der Waals surface area contributed by atoms with E-state index >= 15 is 0 Å². The van der Waals surface area contributed by atoms with E-state index in [4.69, 9.17) is 0 Å². The van der Waals surface area contributed by atoms with Crippen molar-refractivity contribution in [3.63, 3.8) is 0 Å². The topological polar surface area (TPSA) is 90.0 Å². The summed E-state index contributed by atoms with van der Waals surface area (Å²) in [5.41, 5.74) is 0.835. The molecule has 10 heteroatoms. The van der Waals surface area contributed by atoms with Crippen molar-refractivity contribution in [1.82, 2.24) is 23.5 Å². The van der Waals surface area contributed by atoms with Gasteiger partial charge in [0, 0.05) is 73.1 Å². The summed E-state index contributed by atoms with van der Waals surface area (Å²) >= 11 is 0. The van der Waals surface area contributed by atoms with Gasteiger partial charge in [0.25, 0.3) is 10.2 Å². The molecule has 0 radical (unpaired) electrons. The molecule has 1 amide bonds. The monoisotopic (exact) mass is 384 g/mol. The molecular weight excluding hydrogens is 356 g/mol. The molecule has 1 aromatic rings. The van der Waals surface area contributed by atoms with Crippen LogP contribution in [-0.4, -0.2) is 92.2 Å². The largest absolute Gasteiger partial charge is 0.363 e. The van der Waals surface area contributed by atoms with Gasteiger partial charge in [0.05, 0.1) is 0 Å². The molecule has 1 aliphatic rings. The van der Waals surface area contributed by atoms with Gasteiger partial charge < -0.3 is 9.80 Å². The Balaban J connectivity index is 2.25. The van der Waals surface area contributed by atoms with Crippen LogP contribution in [0.1, 0.15) is 12.6 Å². The molecule has 0 saturated carbocycles. The second-order valence-electron chi connectivity index (χ2n) is 6.95. The molecule has 9 nitrogen and oxygen atoms in total. The first-order chi connectivity index (χ1) is 12.1. The molecule has 1 aliphatic heterocycles. The first-order valence-corrected chi connectivity index (χ1v) is 9.92. The van der Waals surface area contributed by atoms with E-state index < -0.39 is 10.2 Å². The Kier molecular flexibility index (Phi) is 6.53. The minimum Gasteiger partial charge on any atom is -0.363 e. The highest BCUT2D eigenvalue weighted by Crippen LogP contribution is 2.19. The molecular formula is C16H28N6O3S. The lowest BCUT2D eigenvalue weighted by atomic mass is 10.0. The molecule has 0 unspecified atom stereocenters. The second-order valence-corrected chi connectivity index (χ2v) is 9.09. The quantitative estimate of drug-likeness (QED) is 0.691. The van der Waals surface area contributed by atoms with Crippen molar-refractivity contribution in [1.29, 1.82) is 0 Å². The summed E-state index contributed by atoms with van der Waals surface area (Å²) in [4.78, 5) is 24.0. The Labute approximate surface area is 155 Å². The fourth-order valence-corrected chi connectivity index (χ4v) is 4.14. The van der Waals surface area contributed by atoms with Crippen molar-refractivity contribution in [2.24, 2.45) is 5.92 Å². The van der Waals surface area contributed by atoms with Crippen LogP contribution < -0.4 is 4.90 Å². The van der Waals surface area contributed by atoms with E-state index in [1.54, 1.807) is 4.90 Å². The maximum atomic E-state index is 12.6. The van der Waals surface area contributed by atoms with Gasteiger partial charge >= 0.3 is 0 Å². The minimum absolute atomic E-state index is 0.0407. The normalized spacial score (nSPS) is 19.5. The number of aromatic nitrogens is 2. The Morgan fingerprint density at radius 2 is 1.88 bits per heavy atom. The highest BCUT2D eigenvalue weighted by atomic mass is 32.2. The van der Waals surface area contributed by atoms with E-state index in [9.17, 15) is 13.2 Å². The number of hydrogen-bond acceptors (Lipinski definition) is 6. The number of hydrogen-bond donors (Lipinski definition) is 0. The van der Waals surface area contributed by atoms with Crippen molar-refractivity contribution in [2.75, 3.05) is 59.3 Å². The number of carbonyl (C=O) groups is 1. The predicted molar refractivity (Wildman–Crippen MR) is 100.0 cm³/mol. The van der Waals surface area contributed by atoms with Crippen LogP contribution in [0.4, 0.5) is 5.82 Å².